The third-order valence-corrected chi connectivity index (χ3v) is 3.84. The van der Waals surface area contributed by atoms with Crippen molar-refractivity contribution in [2.45, 2.75) is 13.3 Å². The maximum Gasteiger partial charge on any atom is 0.334 e. The summed E-state index contributed by atoms with van der Waals surface area (Å²) in [5.41, 5.74) is 3.41. The maximum atomic E-state index is 11.8. The van der Waals surface area contributed by atoms with Crippen LogP contribution in [0.4, 0.5) is 5.69 Å². The van der Waals surface area contributed by atoms with Crippen molar-refractivity contribution in [2.75, 3.05) is 37.8 Å². The molecule has 5 nitrogen and oxygen atoms in total. The SMILES string of the molecule is CCOC(=O)C1=Cc2cc(O)c(N3CCOCC3)cc2C1. The third-order valence-electron chi connectivity index (χ3n) is 3.84. The number of rotatable bonds is 3. The summed E-state index contributed by atoms with van der Waals surface area (Å²) in [6.07, 6.45) is 2.36. The lowest BCUT2D eigenvalue weighted by Crippen LogP contribution is -2.36. The minimum Gasteiger partial charge on any atom is -0.506 e. The zero-order valence-corrected chi connectivity index (χ0v) is 12.1. The molecule has 112 valence electrons. The van der Waals surface area contributed by atoms with E-state index in [1.807, 2.05) is 6.07 Å². The van der Waals surface area contributed by atoms with E-state index in [-0.39, 0.29) is 11.7 Å². The van der Waals surface area contributed by atoms with Crippen LogP contribution >= 0.6 is 0 Å². The van der Waals surface area contributed by atoms with E-state index < -0.39 is 0 Å². The number of ether oxygens (including phenoxy) is 2. The minimum absolute atomic E-state index is 0.247. The molecule has 1 aliphatic heterocycles. The molecule has 0 amide bonds. The van der Waals surface area contributed by atoms with Gasteiger partial charge in [0.05, 0.1) is 25.5 Å². The molecule has 2 aliphatic rings. The van der Waals surface area contributed by atoms with Crippen LogP contribution < -0.4 is 4.90 Å². The Morgan fingerprint density at radius 1 is 1.38 bits per heavy atom. The van der Waals surface area contributed by atoms with Crippen LogP contribution in [0.2, 0.25) is 0 Å². The van der Waals surface area contributed by atoms with Crippen molar-refractivity contribution in [3.05, 3.63) is 28.8 Å². The molecule has 1 fully saturated rings. The number of hydrogen-bond donors (Lipinski definition) is 1. The highest BCUT2D eigenvalue weighted by atomic mass is 16.5. The molecular formula is C16H19NO4. The highest BCUT2D eigenvalue weighted by Gasteiger charge is 2.23. The Morgan fingerprint density at radius 3 is 2.86 bits per heavy atom. The van der Waals surface area contributed by atoms with E-state index in [4.69, 9.17) is 9.47 Å². The first-order chi connectivity index (χ1) is 10.2. The van der Waals surface area contributed by atoms with Crippen molar-refractivity contribution in [3.63, 3.8) is 0 Å². The van der Waals surface area contributed by atoms with Crippen LogP contribution in [-0.2, 0) is 20.7 Å². The third kappa shape index (κ3) is 2.74. The molecule has 21 heavy (non-hydrogen) atoms. The number of carbonyl (C=O) groups is 1. The summed E-state index contributed by atoms with van der Waals surface area (Å²) in [7, 11) is 0. The number of esters is 1. The molecule has 0 aromatic heterocycles. The van der Waals surface area contributed by atoms with Crippen LogP contribution in [0.25, 0.3) is 6.08 Å². The monoisotopic (exact) mass is 289 g/mol. The van der Waals surface area contributed by atoms with E-state index in [0.29, 0.717) is 31.8 Å². The Balaban J connectivity index is 1.83. The van der Waals surface area contributed by atoms with Crippen LogP contribution in [0.1, 0.15) is 18.1 Å². The number of benzene rings is 1. The molecular weight excluding hydrogens is 270 g/mol. The molecule has 1 aliphatic carbocycles. The van der Waals surface area contributed by atoms with Gasteiger partial charge >= 0.3 is 5.97 Å². The van der Waals surface area contributed by atoms with Gasteiger partial charge in [-0.2, -0.15) is 0 Å². The van der Waals surface area contributed by atoms with Gasteiger partial charge in [-0.1, -0.05) is 0 Å². The topological polar surface area (TPSA) is 59.0 Å². The molecule has 0 saturated carbocycles. The number of morpholine rings is 1. The molecule has 0 atom stereocenters. The first-order valence-electron chi connectivity index (χ1n) is 7.25. The Labute approximate surface area is 123 Å². The highest BCUT2D eigenvalue weighted by Crippen LogP contribution is 2.36. The molecule has 3 rings (SSSR count). The number of fused-ring (bicyclic) bond motifs is 1. The van der Waals surface area contributed by atoms with Gasteiger partial charge in [-0.3, -0.25) is 0 Å². The molecule has 0 spiro atoms. The zero-order valence-electron chi connectivity index (χ0n) is 12.1. The second kappa shape index (κ2) is 5.77. The van der Waals surface area contributed by atoms with Crippen molar-refractivity contribution in [3.8, 4) is 5.75 Å². The summed E-state index contributed by atoms with van der Waals surface area (Å²) in [5.74, 6) is -0.0295. The quantitative estimate of drug-likeness (QED) is 0.859. The summed E-state index contributed by atoms with van der Waals surface area (Å²) in [4.78, 5) is 13.9. The highest BCUT2D eigenvalue weighted by molar-refractivity contribution is 5.97. The second-order valence-electron chi connectivity index (χ2n) is 5.21. The lowest BCUT2D eigenvalue weighted by Gasteiger charge is -2.29. The van der Waals surface area contributed by atoms with Gasteiger partial charge in [0, 0.05) is 25.1 Å². The second-order valence-corrected chi connectivity index (χ2v) is 5.21. The fourth-order valence-corrected chi connectivity index (χ4v) is 2.78. The molecule has 1 saturated heterocycles. The Hall–Kier alpha value is -2.01. The first-order valence-corrected chi connectivity index (χ1v) is 7.25. The Kier molecular flexibility index (Phi) is 3.84. The standard InChI is InChI=1S/C16H19NO4/c1-2-21-16(19)13-7-11-9-14(15(18)10-12(11)8-13)17-3-5-20-6-4-17/h8-10,18H,2-7H2,1H3. The Bertz CT molecular complexity index is 588. The summed E-state index contributed by atoms with van der Waals surface area (Å²) >= 11 is 0. The number of aromatic hydroxyl groups is 1. The van der Waals surface area contributed by atoms with Crippen LogP contribution in [-0.4, -0.2) is 44.0 Å². The molecule has 0 radical (unpaired) electrons. The number of carbonyl (C=O) groups excluding carboxylic acids is 1. The number of hydrogen-bond acceptors (Lipinski definition) is 5. The van der Waals surface area contributed by atoms with E-state index in [2.05, 4.69) is 4.90 Å². The molecule has 1 N–H and O–H groups in total. The number of phenols is 1. The van der Waals surface area contributed by atoms with Crippen molar-refractivity contribution in [2.24, 2.45) is 0 Å². The Morgan fingerprint density at radius 2 is 2.14 bits per heavy atom. The van der Waals surface area contributed by atoms with E-state index in [1.165, 1.54) is 0 Å². The van der Waals surface area contributed by atoms with E-state index in [0.717, 1.165) is 29.9 Å². The maximum absolute atomic E-state index is 11.8. The number of anilines is 1. The fourth-order valence-electron chi connectivity index (χ4n) is 2.78. The lowest BCUT2D eigenvalue weighted by atomic mass is 10.1. The fraction of sp³-hybridized carbons (Fsp3) is 0.438. The van der Waals surface area contributed by atoms with Gasteiger partial charge < -0.3 is 19.5 Å². The summed E-state index contributed by atoms with van der Waals surface area (Å²) in [5, 5.41) is 10.2. The van der Waals surface area contributed by atoms with Crippen molar-refractivity contribution in [1.82, 2.24) is 0 Å². The smallest absolute Gasteiger partial charge is 0.334 e. The van der Waals surface area contributed by atoms with Gasteiger partial charge in [-0.25, -0.2) is 4.79 Å². The van der Waals surface area contributed by atoms with Gasteiger partial charge in [0.25, 0.3) is 0 Å². The van der Waals surface area contributed by atoms with Crippen LogP contribution in [0.15, 0.2) is 17.7 Å². The summed E-state index contributed by atoms with van der Waals surface area (Å²) < 4.78 is 10.4. The largest absolute Gasteiger partial charge is 0.506 e. The molecule has 5 heteroatoms. The van der Waals surface area contributed by atoms with Crippen molar-refractivity contribution in [1.29, 1.82) is 0 Å². The van der Waals surface area contributed by atoms with Crippen LogP contribution in [0.5, 0.6) is 5.75 Å². The first kappa shape index (κ1) is 13.9. The average molecular weight is 289 g/mol. The zero-order chi connectivity index (χ0) is 14.8. The predicted molar refractivity (Wildman–Crippen MR) is 79.5 cm³/mol. The van der Waals surface area contributed by atoms with Gasteiger partial charge in [0.1, 0.15) is 5.75 Å². The molecule has 0 unspecified atom stereocenters. The normalized spacial score (nSPS) is 17.4. The van der Waals surface area contributed by atoms with E-state index in [1.54, 1.807) is 19.1 Å². The molecule has 0 bridgehead atoms. The lowest BCUT2D eigenvalue weighted by molar-refractivity contribution is -0.138. The van der Waals surface area contributed by atoms with Crippen molar-refractivity contribution < 1.29 is 19.4 Å². The molecule has 1 aromatic carbocycles. The summed E-state index contributed by atoms with van der Waals surface area (Å²) in [6, 6.07) is 3.70. The van der Waals surface area contributed by atoms with E-state index in [9.17, 15) is 9.90 Å². The van der Waals surface area contributed by atoms with E-state index >= 15 is 0 Å². The van der Waals surface area contributed by atoms with Crippen LogP contribution in [0.3, 0.4) is 0 Å². The predicted octanol–water partition coefficient (Wildman–Crippen LogP) is 1.73. The van der Waals surface area contributed by atoms with Gasteiger partial charge in [-0.05, 0) is 36.3 Å². The average Bonchev–Trinajstić information content (AvgIpc) is 2.90. The van der Waals surface area contributed by atoms with Gasteiger partial charge in [-0.15, -0.1) is 0 Å². The summed E-state index contributed by atoms with van der Waals surface area (Å²) in [6.45, 7) is 5.04. The molecule has 1 heterocycles. The van der Waals surface area contributed by atoms with Crippen LogP contribution in [0, 0.1) is 0 Å². The minimum atomic E-state index is -0.277. The molecule has 1 aromatic rings. The number of phenolic OH excluding ortho intramolecular Hbond substituents is 1. The van der Waals surface area contributed by atoms with Gasteiger partial charge in [0.2, 0.25) is 0 Å². The van der Waals surface area contributed by atoms with Crippen molar-refractivity contribution >= 4 is 17.7 Å². The number of nitrogens with zero attached hydrogens (tertiary/aromatic N) is 1. The van der Waals surface area contributed by atoms with Gasteiger partial charge in [0.15, 0.2) is 0 Å².